The molecule has 88 valence electrons. The predicted molar refractivity (Wildman–Crippen MR) is 64.3 cm³/mol. The molecule has 1 aliphatic rings. The van der Waals surface area contributed by atoms with Gasteiger partial charge in [-0.3, -0.25) is 0 Å². The average molecular weight is 278 g/mol. The van der Waals surface area contributed by atoms with E-state index < -0.39 is 5.60 Å². The Balaban J connectivity index is 2.50. The molecular weight excluding hydrogens is 258 g/mol. The zero-order valence-corrected chi connectivity index (χ0v) is 11.5. The highest BCUT2D eigenvalue weighted by atomic mass is 79.9. The second-order valence-corrected chi connectivity index (χ2v) is 5.92. The molecule has 0 bridgehead atoms. The van der Waals surface area contributed by atoms with E-state index in [9.17, 15) is 4.79 Å². The molecule has 1 heterocycles. The second-order valence-electron chi connectivity index (χ2n) is 5.28. The van der Waals surface area contributed by atoms with E-state index in [1.54, 1.807) is 0 Å². The van der Waals surface area contributed by atoms with E-state index in [0.29, 0.717) is 11.8 Å². The van der Waals surface area contributed by atoms with E-state index in [4.69, 9.17) is 4.74 Å². The van der Waals surface area contributed by atoms with E-state index in [0.717, 1.165) is 18.4 Å². The summed E-state index contributed by atoms with van der Waals surface area (Å²) >= 11 is 3.48. The van der Waals surface area contributed by atoms with Gasteiger partial charge in [0.1, 0.15) is 5.60 Å². The number of carbonyl (C=O) groups excluding carboxylic acids is 1. The molecule has 1 aliphatic heterocycles. The number of nitrogens with zero attached hydrogens (tertiary/aromatic N) is 1. The average Bonchev–Trinajstić information content (AvgIpc) is 2.43. The lowest BCUT2D eigenvalue weighted by Crippen LogP contribution is -2.35. The van der Waals surface area contributed by atoms with E-state index in [2.05, 4.69) is 22.9 Å². The van der Waals surface area contributed by atoms with Gasteiger partial charge in [0, 0.05) is 18.4 Å². The molecule has 1 saturated heterocycles. The Morgan fingerprint density at radius 3 is 2.47 bits per heavy atom. The lowest BCUT2D eigenvalue weighted by Gasteiger charge is -2.24. The maximum atomic E-state index is 11.8. The molecule has 0 unspecified atom stereocenters. The van der Waals surface area contributed by atoms with Gasteiger partial charge in [0.15, 0.2) is 0 Å². The third-order valence-electron chi connectivity index (χ3n) is 2.62. The summed E-state index contributed by atoms with van der Waals surface area (Å²) in [4.78, 5) is 13.6. The highest BCUT2D eigenvalue weighted by molar-refractivity contribution is 9.09. The van der Waals surface area contributed by atoms with Gasteiger partial charge in [0.25, 0.3) is 0 Å². The van der Waals surface area contributed by atoms with Crippen molar-refractivity contribution in [3.05, 3.63) is 0 Å². The molecule has 0 aromatic heterocycles. The summed E-state index contributed by atoms with van der Waals surface area (Å²) in [6.45, 7) is 9.48. The van der Waals surface area contributed by atoms with Crippen LogP contribution in [0.1, 0.15) is 27.7 Å². The van der Waals surface area contributed by atoms with Crippen LogP contribution in [-0.4, -0.2) is 35.0 Å². The molecular formula is C11H20BrNO2. The van der Waals surface area contributed by atoms with Crippen LogP contribution in [0.4, 0.5) is 4.79 Å². The summed E-state index contributed by atoms with van der Waals surface area (Å²) in [5.74, 6) is 1.11. The minimum absolute atomic E-state index is 0.183. The summed E-state index contributed by atoms with van der Waals surface area (Å²) in [7, 11) is 0. The number of halogens is 1. The van der Waals surface area contributed by atoms with Crippen LogP contribution in [0.3, 0.4) is 0 Å². The van der Waals surface area contributed by atoms with Crippen molar-refractivity contribution in [1.82, 2.24) is 4.90 Å². The van der Waals surface area contributed by atoms with Gasteiger partial charge in [-0.2, -0.15) is 0 Å². The third-order valence-corrected chi connectivity index (χ3v) is 3.45. The van der Waals surface area contributed by atoms with Crippen LogP contribution >= 0.6 is 15.9 Å². The van der Waals surface area contributed by atoms with Gasteiger partial charge >= 0.3 is 6.09 Å². The molecule has 0 N–H and O–H groups in total. The number of amides is 1. The molecule has 0 aliphatic carbocycles. The van der Waals surface area contributed by atoms with Gasteiger partial charge < -0.3 is 9.64 Å². The van der Waals surface area contributed by atoms with Crippen molar-refractivity contribution in [2.24, 2.45) is 11.8 Å². The fourth-order valence-electron chi connectivity index (χ4n) is 1.71. The van der Waals surface area contributed by atoms with Crippen molar-refractivity contribution in [2.45, 2.75) is 33.3 Å². The molecule has 3 nitrogen and oxygen atoms in total. The van der Waals surface area contributed by atoms with E-state index in [1.165, 1.54) is 0 Å². The van der Waals surface area contributed by atoms with Gasteiger partial charge in [0.05, 0.1) is 0 Å². The lowest BCUT2D eigenvalue weighted by atomic mass is 10.0. The summed E-state index contributed by atoms with van der Waals surface area (Å²) in [6, 6.07) is 0. The number of hydrogen-bond donors (Lipinski definition) is 0. The Labute approximate surface area is 100 Å². The topological polar surface area (TPSA) is 29.5 Å². The zero-order chi connectivity index (χ0) is 11.6. The van der Waals surface area contributed by atoms with Crippen LogP contribution in [0, 0.1) is 11.8 Å². The normalized spacial score (nSPS) is 26.9. The van der Waals surface area contributed by atoms with E-state index in [1.807, 2.05) is 25.7 Å². The number of ether oxygens (including phenoxy) is 1. The monoisotopic (exact) mass is 277 g/mol. The first kappa shape index (κ1) is 12.8. The van der Waals surface area contributed by atoms with Crippen LogP contribution in [0.15, 0.2) is 0 Å². The maximum Gasteiger partial charge on any atom is 0.410 e. The molecule has 0 spiro atoms. The number of rotatable bonds is 1. The molecule has 0 aromatic rings. The number of carbonyl (C=O) groups is 1. The van der Waals surface area contributed by atoms with Gasteiger partial charge in [-0.25, -0.2) is 4.79 Å². The fourth-order valence-corrected chi connectivity index (χ4v) is 2.55. The molecule has 0 saturated carbocycles. The number of hydrogen-bond acceptors (Lipinski definition) is 2. The van der Waals surface area contributed by atoms with Crippen molar-refractivity contribution in [3.8, 4) is 0 Å². The minimum Gasteiger partial charge on any atom is -0.444 e. The number of alkyl halides is 1. The Kier molecular flexibility index (Phi) is 4.04. The molecule has 15 heavy (non-hydrogen) atoms. The van der Waals surface area contributed by atoms with Gasteiger partial charge in [-0.1, -0.05) is 22.9 Å². The first-order valence-electron chi connectivity index (χ1n) is 5.37. The molecule has 2 atom stereocenters. The van der Waals surface area contributed by atoms with Crippen LogP contribution in [-0.2, 0) is 4.74 Å². The first-order chi connectivity index (χ1) is 6.83. The largest absolute Gasteiger partial charge is 0.444 e. The highest BCUT2D eigenvalue weighted by Crippen LogP contribution is 2.25. The van der Waals surface area contributed by atoms with Crippen molar-refractivity contribution < 1.29 is 9.53 Å². The first-order valence-corrected chi connectivity index (χ1v) is 6.49. The van der Waals surface area contributed by atoms with Crippen LogP contribution in [0.2, 0.25) is 0 Å². The lowest BCUT2D eigenvalue weighted by molar-refractivity contribution is 0.0285. The SMILES string of the molecule is C[C@H]1CN(C(=O)OC(C)(C)C)C[C@@H]1CBr. The molecule has 0 radical (unpaired) electrons. The molecule has 4 heteroatoms. The summed E-state index contributed by atoms with van der Waals surface area (Å²) in [5.41, 5.74) is -0.396. The second kappa shape index (κ2) is 4.73. The summed E-state index contributed by atoms with van der Waals surface area (Å²) in [5, 5.41) is 0.952. The maximum absolute atomic E-state index is 11.8. The Bertz CT molecular complexity index is 237. The van der Waals surface area contributed by atoms with Crippen LogP contribution in [0.25, 0.3) is 0 Å². The van der Waals surface area contributed by atoms with Crippen LogP contribution in [0.5, 0.6) is 0 Å². The molecule has 0 aromatic carbocycles. The molecule has 1 fully saturated rings. The molecule has 1 rings (SSSR count). The van der Waals surface area contributed by atoms with E-state index >= 15 is 0 Å². The van der Waals surface area contributed by atoms with Crippen LogP contribution < -0.4 is 0 Å². The number of likely N-dealkylation sites (tertiary alicyclic amines) is 1. The fraction of sp³-hybridized carbons (Fsp3) is 0.909. The minimum atomic E-state index is -0.396. The van der Waals surface area contributed by atoms with Crippen molar-refractivity contribution in [1.29, 1.82) is 0 Å². The summed E-state index contributed by atoms with van der Waals surface area (Å²) in [6.07, 6.45) is -0.183. The Morgan fingerprint density at radius 2 is 2.07 bits per heavy atom. The smallest absolute Gasteiger partial charge is 0.410 e. The predicted octanol–water partition coefficient (Wildman–Crippen LogP) is 2.88. The summed E-state index contributed by atoms with van der Waals surface area (Å²) < 4.78 is 5.33. The zero-order valence-electron chi connectivity index (χ0n) is 9.92. The highest BCUT2D eigenvalue weighted by Gasteiger charge is 2.33. The van der Waals surface area contributed by atoms with Gasteiger partial charge in [-0.05, 0) is 32.6 Å². The third kappa shape index (κ3) is 3.67. The van der Waals surface area contributed by atoms with Gasteiger partial charge in [0.2, 0.25) is 0 Å². The Hall–Kier alpha value is -0.250. The molecule has 1 amide bonds. The quantitative estimate of drug-likeness (QED) is 0.690. The van der Waals surface area contributed by atoms with Crippen molar-refractivity contribution >= 4 is 22.0 Å². The van der Waals surface area contributed by atoms with Crippen molar-refractivity contribution in [2.75, 3.05) is 18.4 Å². The Morgan fingerprint density at radius 1 is 1.47 bits per heavy atom. The standard InChI is InChI=1S/C11H20BrNO2/c1-8-6-13(7-9(8)5-12)10(14)15-11(2,3)4/h8-9H,5-7H2,1-4H3/t8-,9-/m0/s1. The van der Waals surface area contributed by atoms with E-state index in [-0.39, 0.29) is 6.09 Å². The van der Waals surface area contributed by atoms with Crippen molar-refractivity contribution in [3.63, 3.8) is 0 Å². The van der Waals surface area contributed by atoms with Gasteiger partial charge in [-0.15, -0.1) is 0 Å².